The van der Waals surface area contributed by atoms with Gasteiger partial charge in [-0.25, -0.2) is 4.98 Å². The summed E-state index contributed by atoms with van der Waals surface area (Å²) in [6, 6.07) is 33.6. The largest absolute Gasteiger partial charge is 0.332 e. The number of imidazole rings is 1. The van der Waals surface area contributed by atoms with Crippen LogP contribution >= 0.6 is 0 Å². The number of nitrogens with zero attached hydrogens (tertiary/aromatic N) is 3. The molecule has 8 rings (SSSR count). The van der Waals surface area contributed by atoms with Crippen LogP contribution in [-0.4, -0.2) is 14.1 Å². The normalized spacial score (nSPS) is 14.2. The van der Waals surface area contributed by atoms with E-state index in [-0.39, 0.29) is 5.41 Å². The monoisotopic (exact) mass is 463 g/mol. The lowest BCUT2D eigenvalue weighted by Gasteiger charge is -2.21. The standard InChI is InChI=1S/C33H25N3/c1-33(2)25-11-6-4-10-22(25)31-23-18-24-21-9-5-7-13-28(21)36(30(24)17-20(23)15-16-26(31)33)29-14-8-12-27-32(29)35(3)19-34-27/h4-19H,1-3H3. The molecule has 0 spiro atoms. The minimum absolute atomic E-state index is 0.00174. The summed E-state index contributed by atoms with van der Waals surface area (Å²) in [5.74, 6) is 0. The molecule has 0 fully saturated rings. The van der Waals surface area contributed by atoms with Crippen molar-refractivity contribution in [3.05, 3.63) is 108 Å². The predicted octanol–water partition coefficient (Wildman–Crippen LogP) is 8.13. The van der Waals surface area contributed by atoms with Crippen molar-refractivity contribution in [2.75, 3.05) is 0 Å². The Hall–Kier alpha value is -4.37. The second kappa shape index (κ2) is 6.64. The third-order valence-electron chi connectivity index (χ3n) is 8.31. The van der Waals surface area contributed by atoms with E-state index in [0.29, 0.717) is 0 Å². The molecule has 7 aromatic rings. The number of fused-ring (bicyclic) bond motifs is 9. The maximum atomic E-state index is 4.62. The molecule has 3 heteroatoms. The summed E-state index contributed by atoms with van der Waals surface area (Å²) in [7, 11) is 2.07. The van der Waals surface area contributed by atoms with Crippen LogP contribution in [-0.2, 0) is 12.5 Å². The summed E-state index contributed by atoms with van der Waals surface area (Å²) >= 11 is 0. The molecule has 0 amide bonds. The summed E-state index contributed by atoms with van der Waals surface area (Å²) in [5.41, 5.74) is 11.3. The molecule has 0 atom stereocenters. The van der Waals surface area contributed by atoms with Crippen molar-refractivity contribution in [2.45, 2.75) is 19.3 Å². The third-order valence-corrected chi connectivity index (χ3v) is 8.31. The molecular formula is C33H25N3. The lowest BCUT2D eigenvalue weighted by molar-refractivity contribution is 0.661. The molecule has 0 radical (unpaired) electrons. The Kier molecular flexibility index (Phi) is 3.67. The molecule has 0 aliphatic heterocycles. The fraction of sp³-hybridized carbons (Fsp3) is 0.121. The van der Waals surface area contributed by atoms with Gasteiger partial charge in [-0.15, -0.1) is 0 Å². The summed E-state index contributed by atoms with van der Waals surface area (Å²) in [6.07, 6.45) is 1.90. The Morgan fingerprint density at radius 1 is 0.694 bits per heavy atom. The van der Waals surface area contributed by atoms with Gasteiger partial charge in [0.25, 0.3) is 0 Å². The number of rotatable bonds is 1. The maximum absolute atomic E-state index is 4.62. The zero-order valence-electron chi connectivity index (χ0n) is 20.6. The van der Waals surface area contributed by atoms with Crippen LogP contribution in [0, 0.1) is 0 Å². The molecule has 1 aliphatic rings. The molecule has 2 aromatic heterocycles. The van der Waals surface area contributed by atoms with Crippen LogP contribution in [0.2, 0.25) is 0 Å². The molecule has 172 valence electrons. The number of aryl methyl sites for hydroxylation is 1. The van der Waals surface area contributed by atoms with Crippen LogP contribution < -0.4 is 0 Å². The van der Waals surface area contributed by atoms with E-state index in [0.717, 1.165) is 16.7 Å². The number of aromatic nitrogens is 3. The number of benzene rings is 5. The van der Waals surface area contributed by atoms with Gasteiger partial charge in [-0.2, -0.15) is 0 Å². The molecule has 2 heterocycles. The molecule has 0 unspecified atom stereocenters. The average Bonchev–Trinajstić information content (AvgIpc) is 3.51. The van der Waals surface area contributed by atoms with Crippen LogP contribution in [0.3, 0.4) is 0 Å². The van der Waals surface area contributed by atoms with E-state index in [9.17, 15) is 0 Å². The number of hydrogen-bond acceptors (Lipinski definition) is 1. The number of hydrogen-bond donors (Lipinski definition) is 0. The summed E-state index contributed by atoms with van der Waals surface area (Å²) < 4.78 is 4.54. The maximum Gasteiger partial charge on any atom is 0.0956 e. The zero-order chi connectivity index (χ0) is 24.2. The fourth-order valence-electron chi connectivity index (χ4n) is 6.62. The molecule has 5 aromatic carbocycles. The van der Waals surface area contributed by atoms with E-state index in [1.54, 1.807) is 0 Å². The van der Waals surface area contributed by atoms with Gasteiger partial charge in [-0.1, -0.05) is 74.5 Å². The van der Waals surface area contributed by atoms with Crippen molar-refractivity contribution in [3.63, 3.8) is 0 Å². The summed E-state index contributed by atoms with van der Waals surface area (Å²) in [5, 5.41) is 5.17. The van der Waals surface area contributed by atoms with E-state index < -0.39 is 0 Å². The molecule has 1 aliphatic carbocycles. The zero-order valence-corrected chi connectivity index (χ0v) is 20.6. The third kappa shape index (κ3) is 2.35. The van der Waals surface area contributed by atoms with Crippen molar-refractivity contribution in [1.82, 2.24) is 14.1 Å². The van der Waals surface area contributed by atoms with Gasteiger partial charge in [0.05, 0.1) is 34.1 Å². The van der Waals surface area contributed by atoms with Crippen molar-refractivity contribution >= 4 is 43.6 Å². The van der Waals surface area contributed by atoms with E-state index in [1.165, 1.54) is 54.8 Å². The predicted molar refractivity (Wildman–Crippen MR) is 150 cm³/mol. The highest BCUT2D eigenvalue weighted by Crippen LogP contribution is 2.52. The summed E-state index contributed by atoms with van der Waals surface area (Å²) in [6.45, 7) is 4.70. The SMILES string of the molecule is Cn1cnc2cccc(-n3c4ccccc4c4cc5c6c(ccc5cc43)C(C)(C)c3ccccc3-6)c21. The lowest BCUT2D eigenvalue weighted by atomic mass is 9.82. The quantitative estimate of drug-likeness (QED) is 0.241. The Morgan fingerprint density at radius 3 is 2.44 bits per heavy atom. The van der Waals surface area contributed by atoms with Gasteiger partial charge < -0.3 is 9.13 Å². The van der Waals surface area contributed by atoms with E-state index in [1.807, 2.05) is 6.33 Å². The topological polar surface area (TPSA) is 22.8 Å². The van der Waals surface area contributed by atoms with Crippen LogP contribution in [0.25, 0.3) is 60.4 Å². The van der Waals surface area contributed by atoms with Crippen molar-refractivity contribution in [2.24, 2.45) is 7.05 Å². The number of para-hydroxylation sites is 2. The van der Waals surface area contributed by atoms with Crippen molar-refractivity contribution in [3.8, 4) is 16.8 Å². The first-order chi connectivity index (χ1) is 17.5. The highest BCUT2D eigenvalue weighted by molar-refractivity contribution is 6.17. The first-order valence-electron chi connectivity index (χ1n) is 12.5. The molecule has 36 heavy (non-hydrogen) atoms. The highest BCUT2D eigenvalue weighted by Gasteiger charge is 2.36. The summed E-state index contributed by atoms with van der Waals surface area (Å²) in [4.78, 5) is 4.62. The van der Waals surface area contributed by atoms with Gasteiger partial charge in [0.2, 0.25) is 0 Å². The molecule has 0 saturated heterocycles. The lowest BCUT2D eigenvalue weighted by Crippen LogP contribution is -2.14. The van der Waals surface area contributed by atoms with Gasteiger partial charge in [0, 0.05) is 23.2 Å². The van der Waals surface area contributed by atoms with Crippen LogP contribution in [0.1, 0.15) is 25.0 Å². The Balaban J connectivity index is 1.55. The van der Waals surface area contributed by atoms with Gasteiger partial charge in [0.15, 0.2) is 0 Å². The van der Waals surface area contributed by atoms with Crippen LogP contribution in [0.15, 0.2) is 97.3 Å². The van der Waals surface area contributed by atoms with Gasteiger partial charge >= 0.3 is 0 Å². The average molecular weight is 464 g/mol. The van der Waals surface area contributed by atoms with E-state index in [4.69, 9.17) is 0 Å². The van der Waals surface area contributed by atoms with Crippen LogP contribution in [0.5, 0.6) is 0 Å². The second-order valence-corrected chi connectivity index (χ2v) is 10.6. The van der Waals surface area contributed by atoms with E-state index in [2.05, 4.69) is 126 Å². The first-order valence-corrected chi connectivity index (χ1v) is 12.5. The Morgan fingerprint density at radius 2 is 1.53 bits per heavy atom. The van der Waals surface area contributed by atoms with Crippen LogP contribution in [0.4, 0.5) is 0 Å². The fourth-order valence-corrected chi connectivity index (χ4v) is 6.62. The van der Waals surface area contributed by atoms with Crippen molar-refractivity contribution in [1.29, 1.82) is 0 Å². The molecule has 0 saturated carbocycles. The smallest absolute Gasteiger partial charge is 0.0956 e. The Labute approximate surface area is 209 Å². The minimum atomic E-state index is -0.00174. The molecule has 0 bridgehead atoms. The molecular weight excluding hydrogens is 438 g/mol. The highest BCUT2D eigenvalue weighted by atomic mass is 15.1. The molecule has 3 nitrogen and oxygen atoms in total. The van der Waals surface area contributed by atoms with Crippen molar-refractivity contribution < 1.29 is 0 Å². The molecule has 0 N–H and O–H groups in total. The minimum Gasteiger partial charge on any atom is -0.332 e. The van der Waals surface area contributed by atoms with Gasteiger partial charge in [-0.3, -0.25) is 0 Å². The van der Waals surface area contributed by atoms with Gasteiger partial charge in [-0.05, 0) is 63.4 Å². The second-order valence-electron chi connectivity index (χ2n) is 10.6. The first kappa shape index (κ1) is 19.9. The Bertz CT molecular complexity index is 2030. The van der Waals surface area contributed by atoms with Gasteiger partial charge in [0.1, 0.15) is 0 Å². The van der Waals surface area contributed by atoms with E-state index >= 15 is 0 Å².